The van der Waals surface area contributed by atoms with E-state index in [0.29, 0.717) is 16.1 Å². The van der Waals surface area contributed by atoms with Crippen LogP contribution >= 0.6 is 23.2 Å². The lowest BCUT2D eigenvalue weighted by Crippen LogP contribution is -2.13. The van der Waals surface area contributed by atoms with Crippen LogP contribution in [0.1, 0.15) is 17.2 Å². The molecule has 0 saturated carbocycles. The average Bonchev–Trinajstić information content (AvgIpc) is 2.35. The Balaban J connectivity index is 2.51. The molecule has 1 unspecified atom stereocenters. The number of hydrogen-bond acceptors (Lipinski definition) is 1. The summed E-state index contributed by atoms with van der Waals surface area (Å²) in [6, 6.07) is 7.36. The highest BCUT2D eigenvalue weighted by molar-refractivity contribution is 6.32. The van der Waals surface area contributed by atoms with Crippen LogP contribution in [0.3, 0.4) is 0 Å². The summed E-state index contributed by atoms with van der Waals surface area (Å²) in [5.41, 5.74) is 6.68. The van der Waals surface area contributed by atoms with Crippen molar-refractivity contribution in [2.75, 3.05) is 0 Å². The molecule has 2 aromatic rings. The van der Waals surface area contributed by atoms with Crippen molar-refractivity contribution in [2.24, 2.45) is 5.73 Å². The third-order valence-electron chi connectivity index (χ3n) is 2.61. The fourth-order valence-corrected chi connectivity index (χ4v) is 2.16. The molecular weight excluding hydrogens is 279 g/mol. The zero-order chi connectivity index (χ0) is 13.3. The van der Waals surface area contributed by atoms with Gasteiger partial charge in [-0.2, -0.15) is 0 Å². The summed E-state index contributed by atoms with van der Waals surface area (Å²) >= 11 is 11.8. The Morgan fingerprint density at radius 3 is 2.44 bits per heavy atom. The van der Waals surface area contributed by atoms with Gasteiger partial charge in [0.1, 0.15) is 11.6 Å². The molecule has 5 heteroatoms. The van der Waals surface area contributed by atoms with Crippen molar-refractivity contribution in [1.29, 1.82) is 0 Å². The number of hydrogen-bond donors (Lipinski definition) is 1. The van der Waals surface area contributed by atoms with E-state index in [1.54, 1.807) is 6.07 Å². The molecule has 0 amide bonds. The minimum absolute atomic E-state index is 0.0784. The van der Waals surface area contributed by atoms with Crippen LogP contribution in [-0.4, -0.2) is 0 Å². The summed E-state index contributed by atoms with van der Waals surface area (Å²) in [5, 5.41) is 0.231. The summed E-state index contributed by atoms with van der Waals surface area (Å²) in [7, 11) is 0. The highest BCUT2D eigenvalue weighted by Gasteiger charge is 2.17. The predicted octanol–water partition coefficient (Wildman–Crippen LogP) is 4.32. The van der Waals surface area contributed by atoms with Gasteiger partial charge in [-0.15, -0.1) is 0 Å². The molecule has 18 heavy (non-hydrogen) atoms. The predicted molar refractivity (Wildman–Crippen MR) is 68.9 cm³/mol. The van der Waals surface area contributed by atoms with Gasteiger partial charge >= 0.3 is 0 Å². The zero-order valence-corrected chi connectivity index (χ0v) is 10.6. The van der Waals surface area contributed by atoms with Gasteiger partial charge in [0.2, 0.25) is 0 Å². The standard InChI is InChI=1S/C13H9Cl2F2N/c14-10-5-4-7(16)6-9(10)13(18)8-2-1-3-11(17)12(8)15/h1-6,13H,18H2. The van der Waals surface area contributed by atoms with Crippen molar-refractivity contribution < 1.29 is 8.78 Å². The highest BCUT2D eigenvalue weighted by atomic mass is 35.5. The third kappa shape index (κ3) is 2.48. The summed E-state index contributed by atoms with van der Waals surface area (Å²) in [4.78, 5) is 0. The first-order valence-electron chi connectivity index (χ1n) is 5.15. The molecule has 0 saturated heterocycles. The van der Waals surface area contributed by atoms with Crippen LogP contribution in [0.5, 0.6) is 0 Å². The van der Waals surface area contributed by atoms with Crippen molar-refractivity contribution in [3.05, 3.63) is 69.2 Å². The SMILES string of the molecule is NC(c1cc(F)ccc1Cl)c1cccc(F)c1Cl. The van der Waals surface area contributed by atoms with Gasteiger partial charge in [0.05, 0.1) is 11.1 Å². The van der Waals surface area contributed by atoms with Crippen LogP contribution in [0.25, 0.3) is 0 Å². The maximum atomic E-state index is 13.3. The molecule has 0 aliphatic rings. The molecule has 0 fully saturated rings. The van der Waals surface area contributed by atoms with E-state index in [0.717, 1.165) is 0 Å². The Bertz CT molecular complexity index is 585. The fourth-order valence-electron chi connectivity index (χ4n) is 1.68. The molecule has 2 N–H and O–H groups in total. The number of rotatable bonds is 2. The highest BCUT2D eigenvalue weighted by Crippen LogP contribution is 2.32. The monoisotopic (exact) mass is 287 g/mol. The first-order chi connectivity index (χ1) is 8.50. The Kier molecular flexibility index (Phi) is 3.85. The zero-order valence-electron chi connectivity index (χ0n) is 9.13. The maximum Gasteiger partial charge on any atom is 0.142 e. The molecule has 0 heterocycles. The molecule has 0 radical (unpaired) electrons. The molecule has 0 spiro atoms. The second-order valence-corrected chi connectivity index (χ2v) is 4.57. The smallest absolute Gasteiger partial charge is 0.142 e. The van der Waals surface area contributed by atoms with E-state index in [-0.39, 0.29) is 5.02 Å². The van der Waals surface area contributed by atoms with E-state index in [2.05, 4.69) is 0 Å². The normalized spacial score (nSPS) is 12.5. The summed E-state index contributed by atoms with van der Waals surface area (Å²) in [5.74, 6) is -1.03. The van der Waals surface area contributed by atoms with Gasteiger partial charge in [0.15, 0.2) is 0 Å². The van der Waals surface area contributed by atoms with Gasteiger partial charge in [0, 0.05) is 5.02 Å². The van der Waals surface area contributed by atoms with Crippen LogP contribution in [0.15, 0.2) is 36.4 Å². The van der Waals surface area contributed by atoms with Crippen molar-refractivity contribution in [2.45, 2.75) is 6.04 Å². The fraction of sp³-hybridized carbons (Fsp3) is 0.0769. The minimum atomic E-state index is -0.781. The topological polar surface area (TPSA) is 26.0 Å². The number of nitrogens with two attached hydrogens (primary N) is 1. The van der Waals surface area contributed by atoms with E-state index >= 15 is 0 Å². The Morgan fingerprint density at radius 2 is 1.72 bits per heavy atom. The van der Waals surface area contributed by atoms with Crippen molar-refractivity contribution in [3.63, 3.8) is 0 Å². The van der Waals surface area contributed by atoms with E-state index < -0.39 is 17.7 Å². The Morgan fingerprint density at radius 1 is 1.00 bits per heavy atom. The largest absolute Gasteiger partial charge is 0.320 e. The van der Waals surface area contributed by atoms with Gasteiger partial charge in [-0.25, -0.2) is 8.78 Å². The first kappa shape index (κ1) is 13.3. The lowest BCUT2D eigenvalue weighted by Gasteiger charge is -2.16. The van der Waals surface area contributed by atoms with Crippen LogP contribution in [0.2, 0.25) is 10.0 Å². The third-order valence-corrected chi connectivity index (χ3v) is 3.35. The Hall–Kier alpha value is -1.16. The van der Waals surface area contributed by atoms with E-state index in [1.807, 2.05) is 0 Å². The summed E-state index contributed by atoms with van der Waals surface area (Å²) in [6.07, 6.45) is 0. The van der Waals surface area contributed by atoms with Crippen LogP contribution in [0.4, 0.5) is 8.78 Å². The van der Waals surface area contributed by atoms with Crippen LogP contribution < -0.4 is 5.73 Å². The summed E-state index contributed by atoms with van der Waals surface area (Å²) in [6.45, 7) is 0. The van der Waals surface area contributed by atoms with E-state index in [1.165, 1.54) is 30.3 Å². The number of benzene rings is 2. The molecule has 0 aliphatic heterocycles. The van der Waals surface area contributed by atoms with Crippen molar-refractivity contribution in [1.82, 2.24) is 0 Å². The molecule has 1 atom stereocenters. The van der Waals surface area contributed by atoms with Gasteiger partial charge in [-0.1, -0.05) is 35.3 Å². The molecular formula is C13H9Cl2F2N. The molecule has 94 valence electrons. The molecule has 2 aromatic carbocycles. The Labute approximate surface area is 113 Å². The van der Waals surface area contributed by atoms with Crippen LogP contribution in [-0.2, 0) is 0 Å². The van der Waals surface area contributed by atoms with E-state index in [4.69, 9.17) is 28.9 Å². The van der Waals surface area contributed by atoms with E-state index in [9.17, 15) is 8.78 Å². The first-order valence-corrected chi connectivity index (χ1v) is 5.90. The lowest BCUT2D eigenvalue weighted by atomic mass is 9.99. The molecule has 0 aromatic heterocycles. The van der Waals surface area contributed by atoms with Crippen LogP contribution in [0, 0.1) is 11.6 Å². The molecule has 1 nitrogen and oxygen atoms in total. The lowest BCUT2D eigenvalue weighted by molar-refractivity contribution is 0.620. The number of halogens is 4. The van der Waals surface area contributed by atoms with Gasteiger partial charge in [0.25, 0.3) is 0 Å². The summed E-state index contributed by atoms with van der Waals surface area (Å²) < 4.78 is 26.5. The van der Waals surface area contributed by atoms with Gasteiger partial charge < -0.3 is 5.73 Å². The van der Waals surface area contributed by atoms with Gasteiger partial charge in [-0.05, 0) is 35.4 Å². The maximum absolute atomic E-state index is 13.3. The van der Waals surface area contributed by atoms with Crippen molar-refractivity contribution in [3.8, 4) is 0 Å². The molecule has 0 aliphatic carbocycles. The minimum Gasteiger partial charge on any atom is -0.320 e. The van der Waals surface area contributed by atoms with Gasteiger partial charge in [-0.3, -0.25) is 0 Å². The van der Waals surface area contributed by atoms with Crippen molar-refractivity contribution >= 4 is 23.2 Å². The second-order valence-electron chi connectivity index (χ2n) is 3.79. The molecule has 0 bridgehead atoms. The molecule has 2 rings (SSSR count). The quantitative estimate of drug-likeness (QED) is 0.875. The average molecular weight is 288 g/mol. The second kappa shape index (κ2) is 5.22.